The van der Waals surface area contributed by atoms with Crippen molar-refractivity contribution >= 4 is 52.1 Å². The molecule has 0 aliphatic rings. The van der Waals surface area contributed by atoms with E-state index in [0.29, 0.717) is 26.7 Å². The minimum atomic E-state index is 0.453. The van der Waals surface area contributed by atoms with Gasteiger partial charge < -0.3 is 10.6 Å². The highest BCUT2D eigenvalue weighted by Crippen LogP contribution is 2.30. The molecule has 0 saturated carbocycles. The van der Waals surface area contributed by atoms with E-state index >= 15 is 0 Å². The largest absolute Gasteiger partial charge is 0.372 e. The van der Waals surface area contributed by atoms with Crippen LogP contribution in [0.1, 0.15) is 0 Å². The average molecular weight is 303 g/mol. The predicted molar refractivity (Wildman–Crippen MR) is 78.5 cm³/mol. The first kappa shape index (κ1) is 13.3. The quantitative estimate of drug-likeness (QED) is 0.853. The molecule has 0 amide bonds. The highest BCUT2D eigenvalue weighted by atomic mass is 35.5. The molecule has 0 bridgehead atoms. The van der Waals surface area contributed by atoms with Gasteiger partial charge in [0.2, 0.25) is 0 Å². The van der Waals surface area contributed by atoms with Crippen molar-refractivity contribution in [2.45, 2.75) is 0 Å². The zero-order valence-corrected chi connectivity index (χ0v) is 11.7. The molecular weight excluding hydrogens is 293 g/mol. The summed E-state index contributed by atoms with van der Waals surface area (Å²) >= 11 is 17.9. The number of aromatic nitrogens is 1. The summed E-state index contributed by atoms with van der Waals surface area (Å²) in [6, 6.07) is 8.89. The summed E-state index contributed by atoms with van der Waals surface area (Å²) in [5.41, 5.74) is 0.846. The summed E-state index contributed by atoms with van der Waals surface area (Å²) in [5.74, 6) is 1.10. The van der Waals surface area contributed by atoms with E-state index in [1.54, 1.807) is 25.2 Å². The van der Waals surface area contributed by atoms with Crippen LogP contribution in [-0.2, 0) is 0 Å². The van der Waals surface area contributed by atoms with Crippen LogP contribution in [0.2, 0.25) is 15.1 Å². The third kappa shape index (κ3) is 2.99. The van der Waals surface area contributed by atoms with Gasteiger partial charge in [-0.25, -0.2) is 4.98 Å². The van der Waals surface area contributed by atoms with Crippen LogP contribution in [0, 0.1) is 0 Å². The Kier molecular flexibility index (Phi) is 4.17. The topological polar surface area (TPSA) is 37.0 Å². The van der Waals surface area contributed by atoms with Crippen LogP contribution < -0.4 is 10.6 Å². The maximum absolute atomic E-state index is 6.08. The minimum absolute atomic E-state index is 0.453. The van der Waals surface area contributed by atoms with Crippen LogP contribution in [0.4, 0.5) is 17.3 Å². The molecule has 0 saturated heterocycles. The molecule has 0 unspecified atom stereocenters. The van der Waals surface area contributed by atoms with Gasteiger partial charge in [-0.05, 0) is 30.3 Å². The lowest BCUT2D eigenvalue weighted by Crippen LogP contribution is -1.99. The van der Waals surface area contributed by atoms with E-state index in [-0.39, 0.29) is 0 Å². The molecule has 2 rings (SSSR count). The van der Waals surface area contributed by atoms with Crippen molar-refractivity contribution in [2.75, 3.05) is 17.7 Å². The van der Waals surface area contributed by atoms with Crippen LogP contribution >= 0.6 is 34.8 Å². The molecule has 6 heteroatoms. The fourth-order valence-electron chi connectivity index (χ4n) is 1.40. The van der Waals surface area contributed by atoms with Crippen LogP contribution in [0.15, 0.2) is 30.3 Å². The maximum Gasteiger partial charge on any atom is 0.151 e. The number of halogens is 3. The SMILES string of the molecule is CNc1nc(Nc2ccc(Cl)cc2)c(Cl)cc1Cl. The Morgan fingerprint density at radius 3 is 2.17 bits per heavy atom. The molecule has 1 aromatic heterocycles. The molecule has 2 aromatic rings. The van der Waals surface area contributed by atoms with Crippen LogP contribution in [0.3, 0.4) is 0 Å². The summed E-state index contributed by atoms with van der Waals surface area (Å²) in [7, 11) is 1.74. The summed E-state index contributed by atoms with van der Waals surface area (Å²) in [6.45, 7) is 0. The average Bonchev–Trinajstić information content (AvgIpc) is 2.35. The Labute approximate surface area is 120 Å². The Hall–Kier alpha value is -1.16. The Balaban J connectivity index is 2.31. The van der Waals surface area contributed by atoms with Crippen LogP contribution in [-0.4, -0.2) is 12.0 Å². The number of anilines is 3. The monoisotopic (exact) mass is 301 g/mol. The molecule has 0 radical (unpaired) electrons. The van der Waals surface area contributed by atoms with E-state index in [1.807, 2.05) is 12.1 Å². The predicted octanol–water partition coefficient (Wildman–Crippen LogP) is 4.83. The molecule has 0 aliphatic carbocycles. The number of nitrogens with one attached hydrogen (secondary N) is 2. The van der Waals surface area contributed by atoms with Gasteiger partial charge in [-0.3, -0.25) is 0 Å². The van der Waals surface area contributed by atoms with Crippen molar-refractivity contribution < 1.29 is 0 Å². The molecule has 0 atom stereocenters. The number of pyridine rings is 1. The van der Waals surface area contributed by atoms with Gasteiger partial charge in [0.15, 0.2) is 5.82 Å². The Bertz CT molecular complexity index is 555. The van der Waals surface area contributed by atoms with Gasteiger partial charge in [-0.15, -0.1) is 0 Å². The van der Waals surface area contributed by atoms with Crippen LogP contribution in [0.5, 0.6) is 0 Å². The van der Waals surface area contributed by atoms with E-state index in [1.165, 1.54) is 0 Å². The van der Waals surface area contributed by atoms with E-state index < -0.39 is 0 Å². The fraction of sp³-hybridized carbons (Fsp3) is 0.0833. The molecule has 0 fully saturated rings. The van der Waals surface area contributed by atoms with Crippen LogP contribution in [0.25, 0.3) is 0 Å². The van der Waals surface area contributed by atoms with Gasteiger partial charge in [0.1, 0.15) is 5.82 Å². The van der Waals surface area contributed by atoms with Crippen molar-refractivity contribution in [3.05, 3.63) is 45.4 Å². The van der Waals surface area contributed by atoms with E-state index in [2.05, 4.69) is 15.6 Å². The molecule has 3 nitrogen and oxygen atoms in total. The molecular formula is C12H10Cl3N3. The second-order valence-electron chi connectivity index (χ2n) is 3.53. The molecule has 2 N–H and O–H groups in total. The summed E-state index contributed by atoms with van der Waals surface area (Å²) in [5, 5.41) is 7.60. The number of hydrogen-bond acceptors (Lipinski definition) is 3. The Morgan fingerprint density at radius 2 is 1.56 bits per heavy atom. The molecule has 0 aliphatic heterocycles. The van der Waals surface area contributed by atoms with Crippen molar-refractivity contribution in [3.63, 3.8) is 0 Å². The normalized spacial score (nSPS) is 10.2. The molecule has 0 spiro atoms. The van der Waals surface area contributed by atoms with Crippen molar-refractivity contribution in [1.29, 1.82) is 0 Å². The number of hydrogen-bond donors (Lipinski definition) is 2. The van der Waals surface area contributed by atoms with Crippen molar-refractivity contribution in [2.24, 2.45) is 0 Å². The molecule has 18 heavy (non-hydrogen) atoms. The lowest BCUT2D eigenvalue weighted by atomic mass is 10.3. The maximum atomic E-state index is 6.08. The zero-order chi connectivity index (χ0) is 13.1. The number of rotatable bonds is 3. The number of nitrogens with zero attached hydrogens (tertiary/aromatic N) is 1. The third-order valence-electron chi connectivity index (χ3n) is 2.27. The first-order valence-electron chi connectivity index (χ1n) is 5.16. The lowest BCUT2D eigenvalue weighted by Gasteiger charge is -2.10. The van der Waals surface area contributed by atoms with Gasteiger partial charge in [0, 0.05) is 17.8 Å². The van der Waals surface area contributed by atoms with Gasteiger partial charge in [0.25, 0.3) is 0 Å². The Morgan fingerprint density at radius 1 is 0.944 bits per heavy atom. The van der Waals surface area contributed by atoms with Gasteiger partial charge in [-0.1, -0.05) is 34.8 Å². The minimum Gasteiger partial charge on any atom is -0.372 e. The molecule has 94 valence electrons. The van der Waals surface area contributed by atoms with Crippen molar-refractivity contribution in [1.82, 2.24) is 4.98 Å². The standard InChI is InChI=1S/C12H10Cl3N3/c1-16-11-9(14)6-10(15)12(18-11)17-8-4-2-7(13)3-5-8/h2-6H,1H3,(H2,16,17,18). The van der Waals surface area contributed by atoms with Gasteiger partial charge >= 0.3 is 0 Å². The van der Waals surface area contributed by atoms with E-state index in [4.69, 9.17) is 34.8 Å². The van der Waals surface area contributed by atoms with Crippen molar-refractivity contribution in [3.8, 4) is 0 Å². The van der Waals surface area contributed by atoms with E-state index in [0.717, 1.165) is 5.69 Å². The first-order valence-corrected chi connectivity index (χ1v) is 6.30. The summed E-state index contributed by atoms with van der Waals surface area (Å²) in [6.07, 6.45) is 0. The second kappa shape index (κ2) is 5.65. The zero-order valence-electron chi connectivity index (χ0n) is 9.47. The first-order chi connectivity index (χ1) is 8.60. The molecule has 1 heterocycles. The highest BCUT2D eigenvalue weighted by molar-refractivity contribution is 6.37. The lowest BCUT2D eigenvalue weighted by molar-refractivity contribution is 1.28. The van der Waals surface area contributed by atoms with Gasteiger partial charge in [0.05, 0.1) is 10.0 Å². The van der Waals surface area contributed by atoms with E-state index in [9.17, 15) is 0 Å². The number of benzene rings is 1. The fourth-order valence-corrected chi connectivity index (χ4v) is 2.03. The third-order valence-corrected chi connectivity index (χ3v) is 3.10. The van der Waals surface area contributed by atoms with Gasteiger partial charge in [-0.2, -0.15) is 0 Å². The highest BCUT2D eigenvalue weighted by Gasteiger charge is 2.08. The summed E-state index contributed by atoms with van der Waals surface area (Å²) in [4.78, 5) is 4.29. The second-order valence-corrected chi connectivity index (χ2v) is 4.78. The summed E-state index contributed by atoms with van der Waals surface area (Å²) < 4.78 is 0. The molecule has 1 aromatic carbocycles. The smallest absolute Gasteiger partial charge is 0.151 e.